The van der Waals surface area contributed by atoms with Crippen LogP contribution >= 0.6 is 34.8 Å². The van der Waals surface area contributed by atoms with Gasteiger partial charge in [0.05, 0.1) is 15.7 Å². The fourth-order valence-electron chi connectivity index (χ4n) is 0.784. The van der Waals surface area contributed by atoms with Crippen molar-refractivity contribution in [2.75, 3.05) is 11.2 Å². The summed E-state index contributed by atoms with van der Waals surface area (Å²) in [6, 6.07) is 4.98. The van der Waals surface area contributed by atoms with Crippen LogP contribution in [0.3, 0.4) is 0 Å². The van der Waals surface area contributed by atoms with Crippen molar-refractivity contribution in [1.82, 2.24) is 0 Å². The summed E-state index contributed by atoms with van der Waals surface area (Å²) in [4.78, 5) is 10.9. The van der Waals surface area contributed by atoms with Gasteiger partial charge in [0.1, 0.15) is 5.88 Å². The molecule has 0 aliphatic carbocycles. The van der Waals surface area contributed by atoms with Gasteiger partial charge in [0.15, 0.2) is 0 Å². The van der Waals surface area contributed by atoms with Gasteiger partial charge in [-0.2, -0.15) is 0 Å². The molecule has 2 nitrogen and oxygen atoms in total. The SMILES string of the molecule is O=C(CCl)Nc1cccc(Cl)c1Cl. The first-order chi connectivity index (χ1) is 6.15. The zero-order chi connectivity index (χ0) is 9.84. The lowest BCUT2D eigenvalue weighted by molar-refractivity contribution is -0.113. The van der Waals surface area contributed by atoms with Crippen LogP contribution in [0.4, 0.5) is 5.69 Å². The van der Waals surface area contributed by atoms with Crippen molar-refractivity contribution in [2.24, 2.45) is 0 Å². The Labute approximate surface area is 90.8 Å². The Hall–Kier alpha value is -0.440. The highest BCUT2D eigenvalue weighted by Crippen LogP contribution is 2.29. The van der Waals surface area contributed by atoms with Crippen LogP contribution in [0, 0.1) is 0 Å². The van der Waals surface area contributed by atoms with E-state index in [4.69, 9.17) is 34.8 Å². The van der Waals surface area contributed by atoms with Crippen molar-refractivity contribution in [3.8, 4) is 0 Å². The summed E-state index contributed by atoms with van der Waals surface area (Å²) in [6.45, 7) is 0. The quantitative estimate of drug-likeness (QED) is 0.788. The average Bonchev–Trinajstić information content (AvgIpc) is 2.13. The molecule has 0 saturated heterocycles. The van der Waals surface area contributed by atoms with Crippen LogP contribution in [0.15, 0.2) is 18.2 Å². The van der Waals surface area contributed by atoms with Gasteiger partial charge in [-0.1, -0.05) is 29.3 Å². The average molecular weight is 239 g/mol. The molecule has 0 aliphatic rings. The molecular weight excluding hydrogens is 232 g/mol. The predicted molar refractivity (Wildman–Crippen MR) is 55.8 cm³/mol. The highest BCUT2D eigenvalue weighted by Gasteiger charge is 2.06. The lowest BCUT2D eigenvalue weighted by Crippen LogP contribution is -2.12. The summed E-state index contributed by atoms with van der Waals surface area (Å²) in [5.74, 6) is -0.422. The van der Waals surface area contributed by atoms with Gasteiger partial charge in [0.25, 0.3) is 0 Å². The van der Waals surface area contributed by atoms with E-state index in [1.807, 2.05) is 0 Å². The van der Waals surface area contributed by atoms with E-state index in [-0.39, 0.29) is 11.8 Å². The second kappa shape index (κ2) is 4.70. The molecule has 1 rings (SSSR count). The summed E-state index contributed by atoms with van der Waals surface area (Å²) >= 11 is 16.8. The number of hydrogen-bond acceptors (Lipinski definition) is 1. The maximum Gasteiger partial charge on any atom is 0.239 e. The highest BCUT2D eigenvalue weighted by atomic mass is 35.5. The zero-order valence-electron chi connectivity index (χ0n) is 6.48. The molecule has 1 aromatic rings. The molecule has 5 heteroatoms. The van der Waals surface area contributed by atoms with Crippen LogP contribution in [0.5, 0.6) is 0 Å². The van der Waals surface area contributed by atoms with E-state index in [9.17, 15) is 4.79 Å². The van der Waals surface area contributed by atoms with E-state index < -0.39 is 0 Å². The van der Waals surface area contributed by atoms with Gasteiger partial charge >= 0.3 is 0 Å². The van der Waals surface area contributed by atoms with Crippen LogP contribution in [-0.4, -0.2) is 11.8 Å². The fraction of sp³-hybridized carbons (Fsp3) is 0.125. The van der Waals surface area contributed by atoms with Crippen LogP contribution in [0.25, 0.3) is 0 Å². The lowest BCUT2D eigenvalue weighted by atomic mass is 10.3. The molecule has 0 fully saturated rings. The van der Waals surface area contributed by atoms with E-state index in [1.54, 1.807) is 18.2 Å². The third-order valence-corrected chi connectivity index (χ3v) is 2.41. The van der Waals surface area contributed by atoms with Crippen molar-refractivity contribution >= 4 is 46.4 Å². The van der Waals surface area contributed by atoms with E-state index >= 15 is 0 Å². The van der Waals surface area contributed by atoms with E-state index in [2.05, 4.69) is 5.32 Å². The summed E-state index contributed by atoms with van der Waals surface area (Å²) < 4.78 is 0. The van der Waals surface area contributed by atoms with E-state index in [1.165, 1.54) is 0 Å². The lowest BCUT2D eigenvalue weighted by Gasteiger charge is -2.05. The topological polar surface area (TPSA) is 29.1 Å². The number of halogens is 3. The largest absolute Gasteiger partial charge is 0.324 e. The number of anilines is 1. The Balaban J connectivity index is 2.89. The maximum atomic E-state index is 10.9. The Morgan fingerprint density at radius 1 is 1.38 bits per heavy atom. The number of carbonyl (C=O) groups is 1. The molecule has 70 valence electrons. The third-order valence-electron chi connectivity index (χ3n) is 1.35. The first-order valence-electron chi connectivity index (χ1n) is 3.45. The minimum Gasteiger partial charge on any atom is -0.324 e. The minimum atomic E-state index is -0.314. The Kier molecular flexibility index (Phi) is 3.85. The molecule has 1 N–H and O–H groups in total. The van der Waals surface area contributed by atoms with Gasteiger partial charge in [-0.05, 0) is 12.1 Å². The third kappa shape index (κ3) is 2.76. The molecule has 1 amide bonds. The summed E-state index contributed by atoms with van der Waals surface area (Å²) in [6.07, 6.45) is 0. The standard InChI is InChI=1S/C8H6Cl3NO/c9-4-7(13)12-6-3-1-2-5(10)8(6)11/h1-3H,4H2,(H,12,13). The minimum absolute atomic E-state index is 0.108. The molecular formula is C8H6Cl3NO. The molecule has 0 atom stereocenters. The fourth-order valence-corrected chi connectivity index (χ4v) is 1.20. The summed E-state index contributed by atoms with van der Waals surface area (Å²) in [7, 11) is 0. The first kappa shape index (κ1) is 10.6. The normalized spacial score (nSPS) is 9.77. The van der Waals surface area contributed by atoms with Gasteiger partial charge < -0.3 is 5.32 Å². The first-order valence-corrected chi connectivity index (χ1v) is 4.74. The number of benzene rings is 1. The van der Waals surface area contributed by atoms with Gasteiger partial charge in [0.2, 0.25) is 5.91 Å². The second-order valence-electron chi connectivity index (χ2n) is 2.28. The molecule has 0 saturated carbocycles. The van der Waals surface area contributed by atoms with Crippen molar-refractivity contribution < 1.29 is 4.79 Å². The van der Waals surface area contributed by atoms with Crippen LogP contribution in [0.1, 0.15) is 0 Å². The van der Waals surface area contributed by atoms with Gasteiger partial charge in [-0.15, -0.1) is 11.6 Å². The van der Waals surface area contributed by atoms with Crippen molar-refractivity contribution in [3.05, 3.63) is 28.2 Å². The highest BCUT2D eigenvalue weighted by molar-refractivity contribution is 6.44. The van der Waals surface area contributed by atoms with Gasteiger partial charge in [-0.25, -0.2) is 0 Å². The molecule has 0 spiro atoms. The van der Waals surface area contributed by atoms with Crippen LogP contribution < -0.4 is 5.32 Å². The predicted octanol–water partition coefficient (Wildman–Crippen LogP) is 3.17. The number of alkyl halides is 1. The number of nitrogens with one attached hydrogen (secondary N) is 1. The number of carbonyl (C=O) groups excluding carboxylic acids is 1. The number of rotatable bonds is 2. The van der Waals surface area contributed by atoms with Crippen LogP contribution in [0.2, 0.25) is 10.0 Å². The van der Waals surface area contributed by atoms with E-state index in [0.717, 1.165) is 0 Å². The smallest absolute Gasteiger partial charge is 0.239 e. The number of hydrogen-bond donors (Lipinski definition) is 1. The molecule has 0 radical (unpaired) electrons. The van der Waals surface area contributed by atoms with Gasteiger partial charge in [0, 0.05) is 0 Å². The number of amides is 1. The Bertz CT molecular complexity index is 327. The monoisotopic (exact) mass is 237 g/mol. The maximum absolute atomic E-state index is 10.9. The molecule has 0 bridgehead atoms. The zero-order valence-corrected chi connectivity index (χ0v) is 8.75. The molecule has 0 aliphatic heterocycles. The van der Waals surface area contributed by atoms with Gasteiger partial charge in [-0.3, -0.25) is 4.79 Å². The summed E-state index contributed by atoms with van der Waals surface area (Å²) in [5.41, 5.74) is 0.472. The Morgan fingerprint density at radius 2 is 2.08 bits per heavy atom. The van der Waals surface area contributed by atoms with Crippen LogP contribution in [-0.2, 0) is 4.79 Å². The summed E-state index contributed by atoms with van der Waals surface area (Å²) in [5, 5.41) is 3.23. The van der Waals surface area contributed by atoms with Crippen molar-refractivity contribution in [2.45, 2.75) is 0 Å². The Morgan fingerprint density at radius 3 is 2.69 bits per heavy atom. The van der Waals surface area contributed by atoms with Crippen molar-refractivity contribution in [1.29, 1.82) is 0 Å². The molecule has 13 heavy (non-hydrogen) atoms. The molecule has 0 heterocycles. The molecule has 0 unspecified atom stereocenters. The second-order valence-corrected chi connectivity index (χ2v) is 3.34. The van der Waals surface area contributed by atoms with E-state index in [0.29, 0.717) is 15.7 Å². The van der Waals surface area contributed by atoms with Crippen molar-refractivity contribution in [3.63, 3.8) is 0 Å². The molecule has 1 aromatic carbocycles. The molecule has 0 aromatic heterocycles.